The molecule has 33 heavy (non-hydrogen) atoms. The molecule has 0 aromatic heterocycles. The first-order chi connectivity index (χ1) is 15.9. The topological polar surface area (TPSA) is 61.9 Å². The Morgan fingerprint density at radius 1 is 1.03 bits per heavy atom. The Morgan fingerprint density at radius 3 is 2.55 bits per heavy atom. The van der Waals surface area contributed by atoms with Crippen LogP contribution in [0.25, 0.3) is 11.1 Å². The van der Waals surface area contributed by atoms with E-state index in [0.29, 0.717) is 30.0 Å². The van der Waals surface area contributed by atoms with Crippen LogP contribution in [0.5, 0.6) is 5.75 Å². The van der Waals surface area contributed by atoms with E-state index in [1.54, 1.807) is 35.0 Å². The monoisotopic (exact) mass is 455 g/mol. The van der Waals surface area contributed by atoms with Gasteiger partial charge in [-0.1, -0.05) is 25.3 Å². The second kappa shape index (κ2) is 8.65. The van der Waals surface area contributed by atoms with Gasteiger partial charge in [-0.3, -0.25) is 4.79 Å². The number of hydrogen-bond acceptors (Lipinski definition) is 3. The predicted molar refractivity (Wildman–Crippen MR) is 119 cm³/mol. The molecule has 1 saturated carbocycles. The average Bonchev–Trinajstić information content (AvgIpc) is 3.19. The molecule has 2 fully saturated rings. The van der Waals surface area contributed by atoms with Gasteiger partial charge < -0.3 is 19.9 Å². The molecule has 6 nitrogen and oxygen atoms in total. The first-order valence-corrected chi connectivity index (χ1v) is 11.5. The van der Waals surface area contributed by atoms with Gasteiger partial charge in [0.05, 0.1) is 18.2 Å². The van der Waals surface area contributed by atoms with Crippen molar-refractivity contribution in [3.8, 4) is 16.9 Å². The van der Waals surface area contributed by atoms with Gasteiger partial charge in [-0.15, -0.1) is 0 Å². The van der Waals surface area contributed by atoms with E-state index < -0.39 is 17.7 Å². The number of rotatable bonds is 2. The molecule has 5 rings (SSSR count). The Morgan fingerprint density at radius 2 is 1.79 bits per heavy atom. The van der Waals surface area contributed by atoms with E-state index in [4.69, 9.17) is 4.74 Å². The molecular weight excluding hydrogens is 428 g/mol. The lowest BCUT2D eigenvalue weighted by Gasteiger charge is -2.27. The second-order valence-electron chi connectivity index (χ2n) is 9.16. The molecule has 2 aromatic carbocycles. The molecule has 0 radical (unpaired) electrons. The zero-order chi connectivity index (χ0) is 23.1. The summed E-state index contributed by atoms with van der Waals surface area (Å²) >= 11 is 0. The number of carbonyl (C=O) groups excluding carboxylic acids is 2. The molecule has 0 spiro atoms. The molecular formula is C25H27F2N3O3. The fourth-order valence-electron chi connectivity index (χ4n) is 5.11. The molecule has 8 heteroatoms. The zero-order valence-corrected chi connectivity index (χ0v) is 18.5. The summed E-state index contributed by atoms with van der Waals surface area (Å²) in [7, 11) is 1.72. The number of nitrogens with zero attached hydrogens (tertiary/aromatic N) is 2. The van der Waals surface area contributed by atoms with Crippen LogP contribution in [0.3, 0.4) is 0 Å². The maximum atomic E-state index is 14.3. The number of hydrogen-bond donors (Lipinski definition) is 1. The van der Waals surface area contributed by atoms with Crippen LogP contribution in [0.2, 0.25) is 0 Å². The summed E-state index contributed by atoms with van der Waals surface area (Å²) in [4.78, 5) is 29.3. The number of ether oxygens (including phenoxy) is 1. The Hall–Kier alpha value is -3.16. The third kappa shape index (κ3) is 4.14. The van der Waals surface area contributed by atoms with Gasteiger partial charge in [0.1, 0.15) is 23.5 Å². The molecule has 1 saturated heterocycles. The number of amides is 3. The molecule has 2 aromatic rings. The van der Waals surface area contributed by atoms with E-state index in [1.165, 1.54) is 18.6 Å². The first-order valence-electron chi connectivity index (χ1n) is 11.5. The Bertz CT molecular complexity index is 1090. The van der Waals surface area contributed by atoms with E-state index in [0.717, 1.165) is 31.7 Å². The molecule has 174 valence electrons. The number of carbonyl (C=O) groups is 2. The van der Waals surface area contributed by atoms with Crippen LogP contribution in [-0.2, 0) is 0 Å². The normalized spacial score (nSPS) is 22.9. The van der Waals surface area contributed by atoms with Gasteiger partial charge in [0.25, 0.3) is 5.91 Å². The highest BCUT2D eigenvalue weighted by Crippen LogP contribution is 2.35. The highest BCUT2D eigenvalue weighted by Gasteiger charge is 2.44. The number of nitrogens with one attached hydrogen (secondary N) is 1. The van der Waals surface area contributed by atoms with Gasteiger partial charge in [-0.2, -0.15) is 0 Å². The van der Waals surface area contributed by atoms with Gasteiger partial charge in [-0.05, 0) is 42.7 Å². The van der Waals surface area contributed by atoms with Crippen LogP contribution in [0.15, 0.2) is 36.4 Å². The van der Waals surface area contributed by atoms with Crippen LogP contribution < -0.4 is 10.1 Å². The number of likely N-dealkylation sites (tertiary alicyclic amines) is 1. The zero-order valence-electron chi connectivity index (χ0n) is 18.5. The third-order valence-corrected chi connectivity index (χ3v) is 7.01. The molecule has 3 amide bonds. The largest absolute Gasteiger partial charge is 0.485 e. The maximum absolute atomic E-state index is 14.3. The molecule has 1 N–H and O–H groups in total. The number of fused-ring (bicyclic) bond motifs is 2. The van der Waals surface area contributed by atoms with Gasteiger partial charge in [0.2, 0.25) is 0 Å². The minimum atomic E-state index is -0.684. The number of benzene rings is 2. The lowest BCUT2D eigenvalue weighted by atomic mass is 9.96. The van der Waals surface area contributed by atoms with Crippen molar-refractivity contribution in [3.63, 3.8) is 0 Å². The highest BCUT2D eigenvalue weighted by atomic mass is 19.1. The van der Waals surface area contributed by atoms with Crippen molar-refractivity contribution < 1.29 is 23.1 Å². The lowest BCUT2D eigenvalue weighted by molar-refractivity contribution is 0.0682. The summed E-state index contributed by atoms with van der Waals surface area (Å²) in [5.74, 6) is -1.20. The standard InChI is InChI=1S/C25H27F2N3O3/c1-29-21-13-30(25(32)28-17-5-3-2-4-6-17)14-23(21)33-22-11-15(7-9-19(22)24(29)31)18-10-8-16(26)12-20(18)27/h7-12,17,21,23H,2-6,13-14H2,1H3,(H,28,32). The third-order valence-electron chi connectivity index (χ3n) is 7.01. The quantitative estimate of drug-likeness (QED) is 0.739. The summed E-state index contributed by atoms with van der Waals surface area (Å²) in [5.41, 5.74) is 1.10. The number of likely N-dealkylation sites (N-methyl/N-ethyl adjacent to an activating group) is 1. The highest BCUT2D eigenvalue weighted by molar-refractivity contribution is 5.98. The predicted octanol–water partition coefficient (Wildman–Crippen LogP) is 4.19. The second-order valence-corrected chi connectivity index (χ2v) is 9.16. The summed E-state index contributed by atoms with van der Waals surface area (Å²) in [6.45, 7) is 0.744. The van der Waals surface area contributed by atoms with Crippen LogP contribution in [0.1, 0.15) is 42.5 Å². The van der Waals surface area contributed by atoms with Crippen LogP contribution >= 0.6 is 0 Å². The van der Waals surface area contributed by atoms with E-state index in [1.807, 2.05) is 0 Å². The van der Waals surface area contributed by atoms with Gasteiger partial charge in [0.15, 0.2) is 0 Å². The molecule has 2 aliphatic heterocycles. The van der Waals surface area contributed by atoms with Crippen molar-refractivity contribution in [2.45, 2.75) is 50.3 Å². The molecule has 2 atom stereocenters. The van der Waals surface area contributed by atoms with Crippen LogP contribution in [0, 0.1) is 11.6 Å². The summed E-state index contributed by atoms with van der Waals surface area (Å²) in [5, 5.41) is 3.13. The summed E-state index contributed by atoms with van der Waals surface area (Å²) < 4.78 is 33.9. The van der Waals surface area contributed by atoms with Crippen molar-refractivity contribution in [2.24, 2.45) is 0 Å². The molecule has 0 bridgehead atoms. The maximum Gasteiger partial charge on any atom is 0.317 e. The van der Waals surface area contributed by atoms with E-state index >= 15 is 0 Å². The van der Waals surface area contributed by atoms with Crippen molar-refractivity contribution in [1.29, 1.82) is 0 Å². The Balaban J connectivity index is 1.38. The van der Waals surface area contributed by atoms with E-state index in [-0.39, 0.29) is 29.6 Å². The van der Waals surface area contributed by atoms with Crippen LogP contribution in [-0.4, -0.2) is 60.1 Å². The van der Waals surface area contributed by atoms with Crippen molar-refractivity contribution >= 4 is 11.9 Å². The fourth-order valence-corrected chi connectivity index (χ4v) is 5.11. The minimum Gasteiger partial charge on any atom is -0.485 e. The molecule has 2 unspecified atom stereocenters. The lowest BCUT2D eigenvalue weighted by Crippen LogP contribution is -2.46. The number of halogens is 2. The van der Waals surface area contributed by atoms with Crippen molar-refractivity contribution in [1.82, 2.24) is 15.1 Å². The van der Waals surface area contributed by atoms with Gasteiger partial charge in [0, 0.05) is 31.3 Å². The minimum absolute atomic E-state index is 0.123. The molecule has 1 aliphatic carbocycles. The number of urea groups is 1. The van der Waals surface area contributed by atoms with E-state index in [9.17, 15) is 18.4 Å². The smallest absolute Gasteiger partial charge is 0.317 e. The Labute approximate surface area is 191 Å². The van der Waals surface area contributed by atoms with Gasteiger partial charge in [-0.25, -0.2) is 13.6 Å². The fraction of sp³-hybridized carbons (Fsp3) is 0.440. The summed E-state index contributed by atoms with van der Waals surface area (Å²) in [6.07, 6.45) is 5.07. The van der Waals surface area contributed by atoms with Gasteiger partial charge >= 0.3 is 6.03 Å². The first kappa shape index (κ1) is 21.7. The van der Waals surface area contributed by atoms with Crippen molar-refractivity contribution in [3.05, 3.63) is 53.6 Å². The average molecular weight is 456 g/mol. The van der Waals surface area contributed by atoms with Crippen LogP contribution in [0.4, 0.5) is 13.6 Å². The van der Waals surface area contributed by atoms with Crippen molar-refractivity contribution in [2.75, 3.05) is 20.1 Å². The molecule has 2 heterocycles. The Kier molecular flexibility index (Phi) is 5.68. The SMILES string of the molecule is CN1C(=O)c2ccc(-c3ccc(F)cc3F)cc2OC2CN(C(=O)NC3CCCCC3)CC21. The summed E-state index contributed by atoms with van der Waals surface area (Å²) in [6, 6.07) is 8.05. The molecule has 3 aliphatic rings. The van der Waals surface area contributed by atoms with E-state index in [2.05, 4.69) is 5.32 Å².